The number of carbonyl (C=O) groups excluding carboxylic acids is 1. The smallest absolute Gasteiger partial charge is 0.230 e. The lowest BCUT2D eigenvalue weighted by atomic mass is 10.2. The predicted octanol–water partition coefficient (Wildman–Crippen LogP) is 1.79. The van der Waals surface area contributed by atoms with Gasteiger partial charge in [-0.2, -0.15) is 0 Å². The molecule has 0 saturated heterocycles. The highest BCUT2D eigenvalue weighted by Gasteiger charge is 2.19. The Balaban J connectivity index is 1.71. The summed E-state index contributed by atoms with van der Waals surface area (Å²) in [5, 5.41) is 6.32. The highest BCUT2D eigenvalue weighted by molar-refractivity contribution is 8.00. The highest BCUT2D eigenvalue weighted by Crippen LogP contribution is 2.21. The van der Waals surface area contributed by atoms with Gasteiger partial charge in [0.25, 0.3) is 0 Å². The number of nitrogens with one attached hydrogen (secondary N) is 2. The molecule has 0 radical (unpaired) electrons. The molecule has 1 saturated carbocycles. The second-order valence-electron chi connectivity index (χ2n) is 4.93. The standard InChI is InChI=1S/C15H22N2O2S/c1-19-8-7-16-15(18)11-20-14-4-2-3-12(9-14)10-17-13-5-6-13/h2-4,9,13,17H,5-8,10-11H2,1H3,(H,16,18). The van der Waals surface area contributed by atoms with Gasteiger partial charge < -0.3 is 15.4 Å². The minimum atomic E-state index is 0.0496. The normalized spacial score (nSPS) is 14.2. The first-order valence-electron chi connectivity index (χ1n) is 6.98. The fourth-order valence-electron chi connectivity index (χ4n) is 1.79. The molecule has 0 heterocycles. The van der Waals surface area contributed by atoms with E-state index in [-0.39, 0.29) is 5.91 Å². The van der Waals surface area contributed by atoms with E-state index >= 15 is 0 Å². The monoisotopic (exact) mass is 294 g/mol. The molecule has 110 valence electrons. The summed E-state index contributed by atoms with van der Waals surface area (Å²) in [5.74, 6) is 0.497. The fourth-order valence-corrected chi connectivity index (χ4v) is 2.60. The van der Waals surface area contributed by atoms with E-state index < -0.39 is 0 Å². The van der Waals surface area contributed by atoms with E-state index in [1.54, 1.807) is 18.9 Å². The van der Waals surface area contributed by atoms with E-state index in [1.165, 1.54) is 18.4 Å². The Morgan fingerprint density at radius 3 is 3.05 bits per heavy atom. The van der Waals surface area contributed by atoms with Crippen LogP contribution in [-0.4, -0.2) is 38.0 Å². The van der Waals surface area contributed by atoms with Crippen molar-refractivity contribution in [3.63, 3.8) is 0 Å². The van der Waals surface area contributed by atoms with Crippen LogP contribution in [0.15, 0.2) is 29.2 Å². The maximum atomic E-state index is 11.6. The minimum absolute atomic E-state index is 0.0496. The SMILES string of the molecule is COCCNC(=O)CSc1cccc(CNC2CC2)c1. The molecule has 0 aliphatic heterocycles. The summed E-state index contributed by atoms with van der Waals surface area (Å²) in [6, 6.07) is 9.10. The van der Waals surface area contributed by atoms with Crippen LogP contribution in [0.2, 0.25) is 0 Å². The number of amides is 1. The van der Waals surface area contributed by atoms with Gasteiger partial charge in [-0.05, 0) is 30.5 Å². The first-order chi connectivity index (χ1) is 9.78. The fraction of sp³-hybridized carbons (Fsp3) is 0.533. The Kier molecular flexibility index (Phi) is 6.36. The maximum Gasteiger partial charge on any atom is 0.230 e. The molecule has 0 aromatic heterocycles. The van der Waals surface area contributed by atoms with Crippen molar-refractivity contribution < 1.29 is 9.53 Å². The molecule has 0 bridgehead atoms. The Bertz CT molecular complexity index is 436. The van der Waals surface area contributed by atoms with Crippen LogP contribution in [0.25, 0.3) is 0 Å². The summed E-state index contributed by atoms with van der Waals surface area (Å²) in [6.07, 6.45) is 2.60. The van der Waals surface area contributed by atoms with E-state index in [4.69, 9.17) is 4.74 Å². The van der Waals surface area contributed by atoms with Crippen molar-refractivity contribution in [2.75, 3.05) is 26.0 Å². The summed E-state index contributed by atoms with van der Waals surface area (Å²) in [5.41, 5.74) is 1.28. The number of ether oxygens (including phenoxy) is 1. The topological polar surface area (TPSA) is 50.4 Å². The van der Waals surface area contributed by atoms with Crippen LogP contribution >= 0.6 is 11.8 Å². The number of carbonyl (C=O) groups is 1. The molecule has 2 N–H and O–H groups in total. The molecule has 20 heavy (non-hydrogen) atoms. The minimum Gasteiger partial charge on any atom is -0.383 e. The molecule has 4 nitrogen and oxygen atoms in total. The molecule has 1 aromatic carbocycles. The van der Waals surface area contributed by atoms with Crippen molar-refractivity contribution in [2.45, 2.75) is 30.3 Å². The first kappa shape index (κ1) is 15.4. The number of methoxy groups -OCH3 is 1. The summed E-state index contributed by atoms with van der Waals surface area (Å²) < 4.78 is 4.89. The number of benzene rings is 1. The number of hydrogen-bond acceptors (Lipinski definition) is 4. The predicted molar refractivity (Wildman–Crippen MR) is 81.9 cm³/mol. The summed E-state index contributed by atoms with van der Waals surface area (Å²) >= 11 is 1.57. The number of rotatable bonds is 9. The third-order valence-electron chi connectivity index (χ3n) is 3.07. The third kappa shape index (κ3) is 5.94. The van der Waals surface area contributed by atoms with Gasteiger partial charge in [0.1, 0.15) is 0 Å². The number of hydrogen-bond donors (Lipinski definition) is 2. The molecule has 0 atom stereocenters. The van der Waals surface area contributed by atoms with Crippen molar-refractivity contribution in [2.24, 2.45) is 0 Å². The third-order valence-corrected chi connectivity index (χ3v) is 4.06. The van der Waals surface area contributed by atoms with Crippen LogP contribution in [0.1, 0.15) is 18.4 Å². The molecule has 1 amide bonds. The van der Waals surface area contributed by atoms with Gasteiger partial charge in [-0.15, -0.1) is 11.8 Å². The Morgan fingerprint density at radius 2 is 2.30 bits per heavy atom. The Morgan fingerprint density at radius 1 is 1.45 bits per heavy atom. The van der Waals surface area contributed by atoms with Gasteiger partial charge in [0.2, 0.25) is 5.91 Å². The van der Waals surface area contributed by atoms with Gasteiger partial charge in [-0.3, -0.25) is 4.79 Å². The molecule has 5 heteroatoms. The van der Waals surface area contributed by atoms with Gasteiger partial charge >= 0.3 is 0 Å². The molecular formula is C15H22N2O2S. The second kappa shape index (κ2) is 8.29. The van der Waals surface area contributed by atoms with E-state index in [2.05, 4.69) is 28.8 Å². The van der Waals surface area contributed by atoms with Crippen LogP contribution in [-0.2, 0) is 16.1 Å². The van der Waals surface area contributed by atoms with Crippen LogP contribution in [0.4, 0.5) is 0 Å². The lowest BCUT2D eigenvalue weighted by molar-refractivity contribution is -0.118. The largest absolute Gasteiger partial charge is 0.383 e. The Labute approximate surface area is 124 Å². The molecule has 0 spiro atoms. The van der Waals surface area contributed by atoms with E-state index in [1.807, 2.05) is 6.07 Å². The van der Waals surface area contributed by atoms with E-state index in [9.17, 15) is 4.79 Å². The lowest BCUT2D eigenvalue weighted by Crippen LogP contribution is -2.28. The van der Waals surface area contributed by atoms with Gasteiger partial charge in [-0.25, -0.2) is 0 Å². The zero-order valence-electron chi connectivity index (χ0n) is 11.9. The molecule has 1 fully saturated rings. The van der Waals surface area contributed by atoms with Crippen LogP contribution in [0.5, 0.6) is 0 Å². The average molecular weight is 294 g/mol. The van der Waals surface area contributed by atoms with Gasteiger partial charge in [-0.1, -0.05) is 12.1 Å². The van der Waals surface area contributed by atoms with Crippen molar-refractivity contribution in [1.29, 1.82) is 0 Å². The average Bonchev–Trinajstić information content (AvgIpc) is 3.28. The van der Waals surface area contributed by atoms with Crippen molar-refractivity contribution in [1.82, 2.24) is 10.6 Å². The van der Waals surface area contributed by atoms with Crippen molar-refractivity contribution in [3.8, 4) is 0 Å². The molecule has 2 rings (SSSR count). The van der Waals surface area contributed by atoms with Crippen molar-refractivity contribution in [3.05, 3.63) is 29.8 Å². The van der Waals surface area contributed by atoms with E-state index in [0.29, 0.717) is 18.9 Å². The summed E-state index contributed by atoms with van der Waals surface area (Å²) in [4.78, 5) is 12.7. The van der Waals surface area contributed by atoms with Gasteiger partial charge in [0, 0.05) is 31.1 Å². The maximum absolute atomic E-state index is 11.6. The zero-order valence-corrected chi connectivity index (χ0v) is 12.7. The highest BCUT2D eigenvalue weighted by atomic mass is 32.2. The van der Waals surface area contributed by atoms with Crippen LogP contribution in [0, 0.1) is 0 Å². The zero-order chi connectivity index (χ0) is 14.2. The first-order valence-corrected chi connectivity index (χ1v) is 7.97. The quantitative estimate of drug-likeness (QED) is 0.538. The lowest BCUT2D eigenvalue weighted by Gasteiger charge is -2.07. The molecule has 1 aliphatic carbocycles. The summed E-state index contributed by atoms with van der Waals surface area (Å²) in [6.45, 7) is 2.04. The van der Waals surface area contributed by atoms with Crippen LogP contribution < -0.4 is 10.6 Å². The second-order valence-corrected chi connectivity index (χ2v) is 5.98. The van der Waals surface area contributed by atoms with Crippen molar-refractivity contribution >= 4 is 17.7 Å². The van der Waals surface area contributed by atoms with Gasteiger partial charge in [0.15, 0.2) is 0 Å². The Hall–Kier alpha value is -1.04. The summed E-state index contributed by atoms with van der Waals surface area (Å²) in [7, 11) is 1.63. The molecule has 0 unspecified atom stereocenters. The molecule has 1 aromatic rings. The van der Waals surface area contributed by atoms with Gasteiger partial charge in [0.05, 0.1) is 12.4 Å². The number of thioether (sulfide) groups is 1. The van der Waals surface area contributed by atoms with E-state index in [0.717, 1.165) is 17.5 Å². The molecular weight excluding hydrogens is 272 g/mol. The van der Waals surface area contributed by atoms with Crippen LogP contribution in [0.3, 0.4) is 0 Å². The molecule has 1 aliphatic rings.